The van der Waals surface area contributed by atoms with E-state index in [1.807, 2.05) is 42.5 Å². The maximum absolute atomic E-state index is 12.4. The summed E-state index contributed by atoms with van der Waals surface area (Å²) in [5, 5.41) is 3.29. The van der Waals surface area contributed by atoms with E-state index in [1.54, 1.807) is 19.1 Å². The fraction of sp³-hybridized carbons (Fsp3) is 0.304. The summed E-state index contributed by atoms with van der Waals surface area (Å²) in [6.45, 7) is 5.22. The maximum atomic E-state index is 12.4. The minimum absolute atomic E-state index is 0.142. The second-order valence-electron chi connectivity index (χ2n) is 7.10. The summed E-state index contributed by atoms with van der Waals surface area (Å²) in [4.78, 5) is 24.0. The van der Waals surface area contributed by atoms with Crippen molar-refractivity contribution in [1.82, 2.24) is 0 Å². The quantitative estimate of drug-likeness (QED) is 0.434. The average Bonchev–Trinajstić information content (AvgIpc) is 2.70. The van der Waals surface area contributed by atoms with Gasteiger partial charge in [0, 0.05) is 16.9 Å². The van der Waals surface area contributed by atoms with Crippen LogP contribution in [0.3, 0.4) is 0 Å². The largest absolute Gasteiger partial charge is 0.459 e. The molecule has 0 bridgehead atoms. The molecule has 0 amide bonds. The van der Waals surface area contributed by atoms with Gasteiger partial charge in [0.1, 0.15) is 11.9 Å². The van der Waals surface area contributed by atoms with E-state index >= 15 is 0 Å². The fourth-order valence-corrected chi connectivity index (χ4v) is 3.16. The number of nitrogens with one attached hydrogen (secondary N) is 1. The predicted octanol–water partition coefficient (Wildman–Crippen LogP) is 5.01. The van der Waals surface area contributed by atoms with Crippen LogP contribution in [0.15, 0.2) is 66.7 Å². The van der Waals surface area contributed by atoms with Crippen LogP contribution in [0, 0.1) is 5.92 Å². The normalized spacial score (nSPS) is 18.8. The SMILES string of the molecule is C=C(C)C(=O)OC1CCC(C(=O)Oc2ccc(Nc3ccccc3)cc2)CC1. The molecule has 0 radical (unpaired) electrons. The first-order valence-corrected chi connectivity index (χ1v) is 9.51. The van der Waals surface area contributed by atoms with E-state index in [1.165, 1.54) is 0 Å². The molecular formula is C23H25NO4. The lowest BCUT2D eigenvalue weighted by atomic mass is 9.87. The topological polar surface area (TPSA) is 64.6 Å². The number of hydrogen-bond donors (Lipinski definition) is 1. The van der Waals surface area contributed by atoms with Gasteiger partial charge in [-0.1, -0.05) is 24.8 Å². The first-order chi connectivity index (χ1) is 13.5. The Kier molecular flexibility index (Phi) is 6.48. The van der Waals surface area contributed by atoms with Crippen molar-refractivity contribution in [2.45, 2.75) is 38.7 Å². The number of carbonyl (C=O) groups is 2. The Morgan fingerprint density at radius 3 is 2.14 bits per heavy atom. The molecule has 0 aromatic heterocycles. The predicted molar refractivity (Wildman–Crippen MR) is 108 cm³/mol. The molecule has 5 heteroatoms. The third-order valence-corrected chi connectivity index (χ3v) is 4.76. The number of carbonyl (C=O) groups excluding carboxylic acids is 2. The van der Waals surface area contributed by atoms with Gasteiger partial charge < -0.3 is 14.8 Å². The zero-order chi connectivity index (χ0) is 19.9. The van der Waals surface area contributed by atoms with Crippen LogP contribution in [0.5, 0.6) is 5.75 Å². The highest BCUT2D eigenvalue weighted by molar-refractivity contribution is 5.87. The molecule has 28 heavy (non-hydrogen) atoms. The van der Waals surface area contributed by atoms with Crippen molar-refractivity contribution < 1.29 is 19.1 Å². The monoisotopic (exact) mass is 379 g/mol. The lowest BCUT2D eigenvalue weighted by Gasteiger charge is -2.27. The van der Waals surface area contributed by atoms with Crippen molar-refractivity contribution in [2.75, 3.05) is 5.32 Å². The number of esters is 2. The van der Waals surface area contributed by atoms with Crippen LogP contribution >= 0.6 is 0 Å². The van der Waals surface area contributed by atoms with E-state index in [-0.39, 0.29) is 24.0 Å². The van der Waals surface area contributed by atoms with E-state index in [4.69, 9.17) is 9.47 Å². The zero-order valence-electron chi connectivity index (χ0n) is 16.0. The maximum Gasteiger partial charge on any atom is 0.333 e. The van der Waals surface area contributed by atoms with Gasteiger partial charge >= 0.3 is 11.9 Å². The number of anilines is 2. The molecule has 0 unspecified atom stereocenters. The van der Waals surface area contributed by atoms with Gasteiger partial charge in [-0.3, -0.25) is 4.79 Å². The van der Waals surface area contributed by atoms with E-state index < -0.39 is 0 Å². The molecule has 0 spiro atoms. The third-order valence-electron chi connectivity index (χ3n) is 4.76. The van der Waals surface area contributed by atoms with E-state index in [9.17, 15) is 9.59 Å². The molecule has 2 aromatic rings. The summed E-state index contributed by atoms with van der Waals surface area (Å²) >= 11 is 0. The van der Waals surface area contributed by atoms with Crippen LogP contribution < -0.4 is 10.1 Å². The molecule has 146 valence electrons. The Hall–Kier alpha value is -3.08. The van der Waals surface area contributed by atoms with Crippen molar-refractivity contribution in [3.05, 3.63) is 66.7 Å². The van der Waals surface area contributed by atoms with Crippen molar-refractivity contribution in [1.29, 1.82) is 0 Å². The molecule has 0 aliphatic heterocycles. The zero-order valence-corrected chi connectivity index (χ0v) is 16.0. The van der Waals surface area contributed by atoms with Crippen molar-refractivity contribution in [3.8, 4) is 5.75 Å². The van der Waals surface area contributed by atoms with Gasteiger partial charge in [-0.15, -0.1) is 0 Å². The van der Waals surface area contributed by atoms with Crippen molar-refractivity contribution in [3.63, 3.8) is 0 Å². The summed E-state index contributed by atoms with van der Waals surface area (Å²) in [6.07, 6.45) is 2.50. The molecule has 1 fully saturated rings. The molecule has 1 N–H and O–H groups in total. The molecule has 1 aliphatic carbocycles. The van der Waals surface area contributed by atoms with Crippen LogP contribution in [0.2, 0.25) is 0 Å². The molecule has 0 heterocycles. The first-order valence-electron chi connectivity index (χ1n) is 9.51. The Balaban J connectivity index is 1.47. The molecule has 3 rings (SSSR count). The average molecular weight is 379 g/mol. The molecule has 0 saturated heterocycles. The Morgan fingerprint density at radius 1 is 0.929 bits per heavy atom. The van der Waals surface area contributed by atoms with Crippen LogP contribution in [-0.4, -0.2) is 18.0 Å². The van der Waals surface area contributed by atoms with Crippen molar-refractivity contribution in [2.24, 2.45) is 5.92 Å². The van der Waals surface area contributed by atoms with Gasteiger partial charge in [-0.25, -0.2) is 4.79 Å². The van der Waals surface area contributed by atoms with E-state index in [0.717, 1.165) is 11.4 Å². The summed E-state index contributed by atoms with van der Waals surface area (Å²) in [5.41, 5.74) is 2.31. The minimum Gasteiger partial charge on any atom is -0.459 e. The summed E-state index contributed by atoms with van der Waals surface area (Å²) < 4.78 is 10.9. The van der Waals surface area contributed by atoms with Gasteiger partial charge in [-0.2, -0.15) is 0 Å². The third kappa shape index (κ3) is 5.46. The molecule has 5 nitrogen and oxygen atoms in total. The lowest BCUT2D eigenvalue weighted by molar-refractivity contribution is -0.148. The fourth-order valence-electron chi connectivity index (χ4n) is 3.16. The summed E-state index contributed by atoms with van der Waals surface area (Å²) in [5.74, 6) is -0.231. The molecule has 1 saturated carbocycles. The number of rotatable bonds is 6. The van der Waals surface area contributed by atoms with Crippen LogP contribution in [-0.2, 0) is 14.3 Å². The smallest absolute Gasteiger partial charge is 0.333 e. The first kappa shape index (κ1) is 19.7. The Morgan fingerprint density at radius 2 is 1.54 bits per heavy atom. The van der Waals surface area contributed by atoms with E-state index in [2.05, 4.69) is 11.9 Å². The van der Waals surface area contributed by atoms with Crippen LogP contribution in [0.25, 0.3) is 0 Å². The van der Waals surface area contributed by atoms with Gasteiger partial charge in [0.2, 0.25) is 0 Å². The second kappa shape index (κ2) is 9.22. The highest BCUT2D eigenvalue weighted by Gasteiger charge is 2.29. The minimum atomic E-state index is -0.366. The van der Waals surface area contributed by atoms with Gasteiger partial charge in [0.05, 0.1) is 5.92 Å². The molecule has 1 aliphatic rings. The number of para-hydroxylation sites is 1. The second-order valence-corrected chi connectivity index (χ2v) is 7.10. The van der Waals surface area contributed by atoms with Gasteiger partial charge in [0.15, 0.2) is 0 Å². The highest BCUT2D eigenvalue weighted by Crippen LogP contribution is 2.29. The van der Waals surface area contributed by atoms with Crippen molar-refractivity contribution >= 4 is 23.3 Å². The Bertz CT molecular complexity index is 821. The van der Waals surface area contributed by atoms with Crippen LogP contribution in [0.1, 0.15) is 32.6 Å². The lowest BCUT2D eigenvalue weighted by Crippen LogP contribution is -2.30. The number of ether oxygens (including phenoxy) is 2. The van der Waals surface area contributed by atoms with Crippen LogP contribution in [0.4, 0.5) is 11.4 Å². The van der Waals surface area contributed by atoms with Gasteiger partial charge in [-0.05, 0) is 69.0 Å². The summed E-state index contributed by atoms with van der Waals surface area (Å²) in [6, 6.07) is 17.2. The number of hydrogen-bond acceptors (Lipinski definition) is 5. The number of benzene rings is 2. The van der Waals surface area contributed by atoms with Gasteiger partial charge in [0.25, 0.3) is 0 Å². The molecule has 0 atom stereocenters. The molecule has 2 aromatic carbocycles. The highest BCUT2D eigenvalue weighted by atomic mass is 16.5. The Labute approximate surface area is 165 Å². The summed E-state index contributed by atoms with van der Waals surface area (Å²) in [7, 11) is 0. The molecular weight excluding hydrogens is 354 g/mol. The standard InChI is InChI=1S/C23H25NO4/c1-16(2)22(25)27-20-12-8-17(9-13-20)23(26)28-21-14-10-19(11-15-21)24-18-6-4-3-5-7-18/h3-7,10-11,14-15,17,20,24H,1,8-9,12-13H2,2H3. The van der Waals surface area contributed by atoms with E-state index in [0.29, 0.717) is 37.0 Å².